The second kappa shape index (κ2) is 6.53. The molecule has 0 saturated heterocycles. The van der Waals surface area contributed by atoms with Crippen molar-refractivity contribution in [2.45, 2.75) is 20.4 Å². The van der Waals surface area contributed by atoms with Crippen LogP contribution in [0.2, 0.25) is 0 Å². The fourth-order valence-corrected chi connectivity index (χ4v) is 1.58. The highest BCUT2D eigenvalue weighted by molar-refractivity contribution is 7.09. The molecule has 2 N–H and O–H groups in total. The van der Waals surface area contributed by atoms with Crippen LogP contribution in [-0.4, -0.2) is 24.0 Å². The number of carbonyl (C=O) groups excluding carboxylic acids is 1. The number of carbonyl (C=O) groups is 1. The average molecular weight is 227 g/mol. The van der Waals surface area contributed by atoms with Gasteiger partial charge in [0.25, 0.3) is 0 Å². The van der Waals surface area contributed by atoms with Crippen molar-refractivity contribution >= 4 is 17.2 Å². The first-order chi connectivity index (χ1) is 7.20. The maximum absolute atomic E-state index is 11.2. The van der Waals surface area contributed by atoms with Crippen molar-refractivity contribution in [2.75, 3.05) is 13.1 Å². The normalized spacial score (nSPS) is 10.6. The SMILES string of the molecule is CC(C)C(=O)NCCNCc1cncs1. The van der Waals surface area contributed by atoms with Gasteiger partial charge in [0, 0.05) is 36.6 Å². The Morgan fingerprint density at radius 2 is 2.33 bits per heavy atom. The van der Waals surface area contributed by atoms with Gasteiger partial charge in [0.1, 0.15) is 0 Å². The van der Waals surface area contributed by atoms with E-state index in [1.165, 1.54) is 4.88 Å². The predicted octanol–water partition coefficient (Wildman–Crippen LogP) is 1.00. The van der Waals surface area contributed by atoms with Gasteiger partial charge in [-0.15, -0.1) is 11.3 Å². The van der Waals surface area contributed by atoms with Gasteiger partial charge in [-0.05, 0) is 0 Å². The number of hydrogen-bond donors (Lipinski definition) is 2. The van der Waals surface area contributed by atoms with Crippen molar-refractivity contribution in [1.29, 1.82) is 0 Å². The quantitative estimate of drug-likeness (QED) is 0.713. The number of thiazole rings is 1. The number of aromatic nitrogens is 1. The molecule has 15 heavy (non-hydrogen) atoms. The number of nitrogens with zero attached hydrogens (tertiary/aromatic N) is 1. The summed E-state index contributed by atoms with van der Waals surface area (Å²) in [5, 5.41) is 6.09. The van der Waals surface area contributed by atoms with E-state index in [4.69, 9.17) is 0 Å². The lowest BCUT2D eigenvalue weighted by molar-refractivity contribution is -0.123. The summed E-state index contributed by atoms with van der Waals surface area (Å²) in [5.41, 5.74) is 1.82. The van der Waals surface area contributed by atoms with E-state index >= 15 is 0 Å². The molecule has 1 amide bonds. The second-order valence-electron chi connectivity index (χ2n) is 3.59. The summed E-state index contributed by atoms with van der Waals surface area (Å²) < 4.78 is 0. The van der Waals surface area contributed by atoms with E-state index in [1.54, 1.807) is 11.3 Å². The van der Waals surface area contributed by atoms with Crippen LogP contribution in [0.1, 0.15) is 18.7 Å². The fourth-order valence-electron chi connectivity index (χ4n) is 1.02. The maximum Gasteiger partial charge on any atom is 0.222 e. The zero-order valence-electron chi connectivity index (χ0n) is 9.12. The molecular formula is C10H17N3OS. The molecule has 0 unspecified atom stereocenters. The van der Waals surface area contributed by atoms with Crippen molar-refractivity contribution in [3.05, 3.63) is 16.6 Å². The molecule has 0 fully saturated rings. The van der Waals surface area contributed by atoms with E-state index in [0.717, 1.165) is 13.1 Å². The van der Waals surface area contributed by atoms with E-state index < -0.39 is 0 Å². The maximum atomic E-state index is 11.2. The third-order valence-electron chi connectivity index (χ3n) is 1.91. The molecule has 0 aliphatic carbocycles. The monoisotopic (exact) mass is 227 g/mol. The van der Waals surface area contributed by atoms with Gasteiger partial charge in [-0.1, -0.05) is 13.8 Å². The highest BCUT2D eigenvalue weighted by Gasteiger charge is 2.04. The van der Waals surface area contributed by atoms with Gasteiger partial charge in [-0.25, -0.2) is 0 Å². The molecule has 4 nitrogen and oxygen atoms in total. The molecular weight excluding hydrogens is 210 g/mol. The van der Waals surface area contributed by atoms with Crippen LogP contribution in [0.15, 0.2) is 11.7 Å². The standard InChI is InChI=1S/C10H17N3OS/c1-8(2)10(14)13-4-3-11-5-9-6-12-7-15-9/h6-8,11H,3-5H2,1-2H3,(H,13,14). The Labute approximate surface area is 94.1 Å². The van der Waals surface area contributed by atoms with Crippen LogP contribution in [0.3, 0.4) is 0 Å². The first kappa shape index (κ1) is 12.1. The minimum atomic E-state index is 0.0616. The number of nitrogens with one attached hydrogen (secondary N) is 2. The van der Waals surface area contributed by atoms with Crippen molar-refractivity contribution in [2.24, 2.45) is 5.92 Å². The lowest BCUT2D eigenvalue weighted by Gasteiger charge is -2.07. The molecule has 1 aromatic heterocycles. The zero-order valence-corrected chi connectivity index (χ0v) is 9.93. The van der Waals surface area contributed by atoms with E-state index in [9.17, 15) is 4.79 Å². The summed E-state index contributed by atoms with van der Waals surface area (Å²) in [7, 11) is 0. The Kier molecular flexibility index (Phi) is 5.28. The van der Waals surface area contributed by atoms with Crippen molar-refractivity contribution in [3.63, 3.8) is 0 Å². The molecule has 0 aliphatic heterocycles. The molecule has 0 radical (unpaired) electrons. The summed E-state index contributed by atoms with van der Waals surface area (Å²) in [4.78, 5) is 16.4. The lowest BCUT2D eigenvalue weighted by atomic mass is 10.2. The van der Waals surface area contributed by atoms with Gasteiger partial charge < -0.3 is 10.6 Å². The van der Waals surface area contributed by atoms with E-state index in [0.29, 0.717) is 6.54 Å². The molecule has 0 atom stereocenters. The van der Waals surface area contributed by atoms with Crippen LogP contribution >= 0.6 is 11.3 Å². The molecule has 0 bridgehead atoms. The number of amides is 1. The number of hydrogen-bond acceptors (Lipinski definition) is 4. The topological polar surface area (TPSA) is 54.0 Å². The molecule has 0 aliphatic rings. The Balaban J connectivity index is 2.00. The van der Waals surface area contributed by atoms with Crippen molar-refractivity contribution < 1.29 is 4.79 Å². The minimum Gasteiger partial charge on any atom is -0.355 e. The Morgan fingerprint density at radius 3 is 2.93 bits per heavy atom. The van der Waals surface area contributed by atoms with Crippen LogP contribution in [0.5, 0.6) is 0 Å². The van der Waals surface area contributed by atoms with Crippen LogP contribution < -0.4 is 10.6 Å². The molecule has 1 aromatic rings. The van der Waals surface area contributed by atoms with Crippen LogP contribution in [0.4, 0.5) is 0 Å². The molecule has 5 heteroatoms. The van der Waals surface area contributed by atoms with Gasteiger partial charge in [-0.3, -0.25) is 9.78 Å². The number of rotatable bonds is 6. The Hall–Kier alpha value is -0.940. The molecule has 0 saturated carbocycles. The van der Waals surface area contributed by atoms with Crippen LogP contribution in [0.25, 0.3) is 0 Å². The highest BCUT2D eigenvalue weighted by atomic mass is 32.1. The first-order valence-corrected chi connectivity index (χ1v) is 5.94. The average Bonchev–Trinajstić information content (AvgIpc) is 2.69. The van der Waals surface area contributed by atoms with Crippen molar-refractivity contribution in [1.82, 2.24) is 15.6 Å². The van der Waals surface area contributed by atoms with E-state index in [1.807, 2.05) is 25.6 Å². The zero-order chi connectivity index (χ0) is 11.1. The van der Waals surface area contributed by atoms with E-state index in [-0.39, 0.29) is 11.8 Å². The lowest BCUT2D eigenvalue weighted by Crippen LogP contribution is -2.33. The molecule has 0 aromatic carbocycles. The minimum absolute atomic E-state index is 0.0616. The van der Waals surface area contributed by atoms with E-state index in [2.05, 4.69) is 15.6 Å². The van der Waals surface area contributed by atoms with Crippen LogP contribution in [-0.2, 0) is 11.3 Å². The van der Waals surface area contributed by atoms with Crippen LogP contribution in [0, 0.1) is 5.92 Å². The van der Waals surface area contributed by atoms with Gasteiger partial charge in [0.15, 0.2) is 0 Å². The predicted molar refractivity (Wildman–Crippen MR) is 61.7 cm³/mol. The second-order valence-corrected chi connectivity index (χ2v) is 4.56. The smallest absolute Gasteiger partial charge is 0.222 e. The molecule has 1 heterocycles. The Morgan fingerprint density at radius 1 is 1.53 bits per heavy atom. The van der Waals surface area contributed by atoms with Gasteiger partial charge in [0.05, 0.1) is 5.51 Å². The Bertz CT molecular complexity index is 285. The highest BCUT2D eigenvalue weighted by Crippen LogP contribution is 2.03. The summed E-state index contributed by atoms with van der Waals surface area (Å²) >= 11 is 1.63. The molecule has 84 valence electrons. The summed E-state index contributed by atoms with van der Waals surface area (Å²) in [6.07, 6.45) is 1.85. The third-order valence-corrected chi connectivity index (χ3v) is 2.69. The van der Waals surface area contributed by atoms with Gasteiger partial charge >= 0.3 is 0 Å². The summed E-state index contributed by atoms with van der Waals surface area (Å²) in [5.74, 6) is 0.168. The third kappa shape index (κ3) is 4.90. The first-order valence-electron chi connectivity index (χ1n) is 5.06. The van der Waals surface area contributed by atoms with Gasteiger partial charge in [-0.2, -0.15) is 0 Å². The fraction of sp³-hybridized carbons (Fsp3) is 0.600. The largest absolute Gasteiger partial charge is 0.355 e. The molecule has 0 spiro atoms. The summed E-state index contributed by atoms with van der Waals surface area (Å²) in [6.45, 7) is 6.06. The van der Waals surface area contributed by atoms with Gasteiger partial charge in [0.2, 0.25) is 5.91 Å². The van der Waals surface area contributed by atoms with Crippen molar-refractivity contribution in [3.8, 4) is 0 Å². The summed E-state index contributed by atoms with van der Waals surface area (Å²) in [6, 6.07) is 0. The molecule has 1 rings (SSSR count).